The van der Waals surface area contributed by atoms with Gasteiger partial charge in [0.15, 0.2) is 0 Å². The smallest absolute Gasteiger partial charge is 0.130 e. The van der Waals surface area contributed by atoms with Gasteiger partial charge in [0.2, 0.25) is 0 Å². The van der Waals surface area contributed by atoms with Crippen LogP contribution < -0.4 is 4.74 Å². The summed E-state index contributed by atoms with van der Waals surface area (Å²) in [7, 11) is 0. The molecule has 0 spiro atoms. The van der Waals surface area contributed by atoms with Crippen LogP contribution >= 0.6 is 11.6 Å². The standard InChI is InChI=1S/C14H14ClNO/c1-10-6-7-12(15)8-14(10)17-9-13-5-3-4-11(2)16-13/h3-8H,9H2,1-2H3. The molecular formula is C14H14ClNO. The summed E-state index contributed by atoms with van der Waals surface area (Å²) in [6, 6.07) is 11.5. The van der Waals surface area contributed by atoms with Crippen molar-refractivity contribution in [2.75, 3.05) is 0 Å². The van der Waals surface area contributed by atoms with Crippen molar-refractivity contribution in [1.29, 1.82) is 0 Å². The van der Waals surface area contributed by atoms with Crippen molar-refractivity contribution < 1.29 is 4.74 Å². The number of nitrogens with zero attached hydrogens (tertiary/aromatic N) is 1. The third-order valence-corrected chi connectivity index (χ3v) is 2.71. The number of aromatic nitrogens is 1. The van der Waals surface area contributed by atoms with E-state index in [1.54, 1.807) is 0 Å². The summed E-state index contributed by atoms with van der Waals surface area (Å²) in [6.07, 6.45) is 0. The number of rotatable bonds is 3. The van der Waals surface area contributed by atoms with Crippen LogP contribution in [0.5, 0.6) is 5.75 Å². The van der Waals surface area contributed by atoms with Gasteiger partial charge in [-0.15, -0.1) is 0 Å². The van der Waals surface area contributed by atoms with Crippen molar-refractivity contribution in [3.8, 4) is 5.75 Å². The maximum absolute atomic E-state index is 5.93. The first-order valence-electron chi connectivity index (χ1n) is 5.46. The van der Waals surface area contributed by atoms with Gasteiger partial charge in [0, 0.05) is 10.7 Å². The Morgan fingerprint density at radius 3 is 2.76 bits per heavy atom. The van der Waals surface area contributed by atoms with Crippen molar-refractivity contribution in [3.05, 3.63) is 58.4 Å². The van der Waals surface area contributed by atoms with Crippen LogP contribution in [0.1, 0.15) is 17.0 Å². The van der Waals surface area contributed by atoms with Crippen LogP contribution in [0.2, 0.25) is 5.02 Å². The predicted octanol–water partition coefficient (Wildman–Crippen LogP) is 3.93. The van der Waals surface area contributed by atoms with E-state index in [9.17, 15) is 0 Å². The minimum absolute atomic E-state index is 0.461. The van der Waals surface area contributed by atoms with Crippen molar-refractivity contribution in [2.45, 2.75) is 20.5 Å². The third kappa shape index (κ3) is 3.21. The van der Waals surface area contributed by atoms with Crippen molar-refractivity contribution >= 4 is 11.6 Å². The van der Waals surface area contributed by atoms with E-state index in [2.05, 4.69) is 4.98 Å². The fourth-order valence-corrected chi connectivity index (χ4v) is 1.72. The second-order valence-corrected chi connectivity index (χ2v) is 4.41. The molecule has 0 N–H and O–H groups in total. The Morgan fingerprint density at radius 2 is 2.00 bits per heavy atom. The van der Waals surface area contributed by atoms with E-state index in [1.165, 1.54) is 0 Å². The molecule has 17 heavy (non-hydrogen) atoms. The zero-order chi connectivity index (χ0) is 12.3. The number of hydrogen-bond acceptors (Lipinski definition) is 2. The van der Waals surface area contributed by atoms with Gasteiger partial charge in [-0.1, -0.05) is 23.7 Å². The molecule has 0 radical (unpaired) electrons. The van der Waals surface area contributed by atoms with E-state index in [0.29, 0.717) is 11.6 Å². The van der Waals surface area contributed by atoms with E-state index in [-0.39, 0.29) is 0 Å². The lowest BCUT2D eigenvalue weighted by atomic mass is 10.2. The number of hydrogen-bond donors (Lipinski definition) is 0. The van der Waals surface area contributed by atoms with Crippen LogP contribution in [0.3, 0.4) is 0 Å². The molecule has 2 nitrogen and oxygen atoms in total. The first-order chi connectivity index (χ1) is 8.15. The monoisotopic (exact) mass is 247 g/mol. The van der Waals surface area contributed by atoms with Gasteiger partial charge < -0.3 is 4.74 Å². The van der Waals surface area contributed by atoms with E-state index in [1.807, 2.05) is 50.2 Å². The minimum atomic E-state index is 0.461. The fourth-order valence-electron chi connectivity index (χ4n) is 1.56. The highest BCUT2D eigenvalue weighted by Gasteiger charge is 2.02. The lowest BCUT2D eigenvalue weighted by Crippen LogP contribution is -2.00. The molecule has 0 fully saturated rings. The van der Waals surface area contributed by atoms with Crippen molar-refractivity contribution in [2.24, 2.45) is 0 Å². The van der Waals surface area contributed by atoms with Crippen LogP contribution in [0.25, 0.3) is 0 Å². The van der Waals surface area contributed by atoms with Gasteiger partial charge in [0.05, 0.1) is 5.69 Å². The zero-order valence-corrected chi connectivity index (χ0v) is 10.7. The Labute approximate surface area is 106 Å². The van der Waals surface area contributed by atoms with E-state index in [4.69, 9.17) is 16.3 Å². The Hall–Kier alpha value is -1.54. The lowest BCUT2D eigenvalue weighted by Gasteiger charge is -2.09. The summed E-state index contributed by atoms with van der Waals surface area (Å²) < 4.78 is 5.71. The predicted molar refractivity (Wildman–Crippen MR) is 69.5 cm³/mol. The molecule has 0 bridgehead atoms. The number of ether oxygens (including phenoxy) is 1. The molecule has 0 atom stereocenters. The average molecular weight is 248 g/mol. The van der Waals surface area contributed by atoms with Gasteiger partial charge in [-0.3, -0.25) is 4.98 Å². The molecule has 2 aromatic rings. The van der Waals surface area contributed by atoms with E-state index in [0.717, 1.165) is 22.7 Å². The lowest BCUT2D eigenvalue weighted by molar-refractivity contribution is 0.299. The zero-order valence-electron chi connectivity index (χ0n) is 9.90. The summed E-state index contributed by atoms with van der Waals surface area (Å²) in [5, 5.41) is 0.683. The van der Waals surface area contributed by atoms with E-state index < -0.39 is 0 Å². The van der Waals surface area contributed by atoms with Gasteiger partial charge in [-0.25, -0.2) is 0 Å². The molecule has 0 unspecified atom stereocenters. The molecule has 0 aliphatic heterocycles. The Balaban J connectivity index is 2.09. The van der Waals surface area contributed by atoms with Crippen LogP contribution in [-0.2, 0) is 6.61 Å². The summed E-state index contributed by atoms with van der Waals surface area (Å²) in [5.74, 6) is 0.806. The maximum Gasteiger partial charge on any atom is 0.130 e. The van der Waals surface area contributed by atoms with E-state index >= 15 is 0 Å². The number of pyridine rings is 1. The van der Waals surface area contributed by atoms with Crippen LogP contribution in [0, 0.1) is 13.8 Å². The average Bonchev–Trinajstić information content (AvgIpc) is 2.30. The number of aryl methyl sites for hydroxylation is 2. The molecule has 1 aromatic heterocycles. The first kappa shape index (κ1) is 11.9. The summed E-state index contributed by atoms with van der Waals surface area (Å²) >= 11 is 5.93. The summed E-state index contributed by atoms with van der Waals surface area (Å²) in [5.41, 5.74) is 2.99. The molecule has 0 amide bonds. The quantitative estimate of drug-likeness (QED) is 0.820. The van der Waals surface area contributed by atoms with Gasteiger partial charge in [-0.2, -0.15) is 0 Å². The highest BCUT2D eigenvalue weighted by Crippen LogP contribution is 2.23. The molecule has 0 aliphatic rings. The SMILES string of the molecule is Cc1cccc(COc2cc(Cl)ccc2C)n1. The first-order valence-corrected chi connectivity index (χ1v) is 5.84. The van der Waals surface area contributed by atoms with Gasteiger partial charge in [0.25, 0.3) is 0 Å². The van der Waals surface area contributed by atoms with Crippen LogP contribution in [0.4, 0.5) is 0 Å². The molecule has 1 heterocycles. The van der Waals surface area contributed by atoms with Crippen LogP contribution in [0.15, 0.2) is 36.4 Å². The van der Waals surface area contributed by atoms with Gasteiger partial charge >= 0.3 is 0 Å². The van der Waals surface area contributed by atoms with Crippen molar-refractivity contribution in [1.82, 2.24) is 4.98 Å². The van der Waals surface area contributed by atoms with Crippen molar-refractivity contribution in [3.63, 3.8) is 0 Å². The second kappa shape index (κ2) is 5.19. The fraction of sp³-hybridized carbons (Fsp3) is 0.214. The largest absolute Gasteiger partial charge is 0.487 e. The molecule has 0 aliphatic carbocycles. The summed E-state index contributed by atoms with van der Waals surface area (Å²) in [4.78, 5) is 4.38. The maximum atomic E-state index is 5.93. The topological polar surface area (TPSA) is 22.1 Å². The van der Waals surface area contributed by atoms with Gasteiger partial charge in [-0.05, 0) is 43.7 Å². The molecule has 2 rings (SSSR count). The molecule has 3 heteroatoms. The Kier molecular flexibility index (Phi) is 3.64. The minimum Gasteiger partial charge on any atom is -0.487 e. The Morgan fingerprint density at radius 1 is 1.18 bits per heavy atom. The van der Waals surface area contributed by atoms with Gasteiger partial charge in [0.1, 0.15) is 12.4 Å². The summed E-state index contributed by atoms with van der Waals surface area (Å²) in [6.45, 7) is 4.42. The molecule has 88 valence electrons. The molecule has 1 aromatic carbocycles. The Bertz CT molecular complexity index is 525. The van der Waals surface area contributed by atoms with Crippen LogP contribution in [-0.4, -0.2) is 4.98 Å². The molecular weight excluding hydrogens is 234 g/mol. The molecule has 0 saturated heterocycles. The highest BCUT2D eigenvalue weighted by atomic mass is 35.5. The second-order valence-electron chi connectivity index (χ2n) is 3.97. The normalized spacial score (nSPS) is 10.3. The number of benzene rings is 1. The third-order valence-electron chi connectivity index (χ3n) is 2.47. The molecule has 0 saturated carbocycles. The number of halogens is 1. The highest BCUT2D eigenvalue weighted by molar-refractivity contribution is 6.30.